The second kappa shape index (κ2) is 9.94. The lowest BCUT2D eigenvalue weighted by Crippen LogP contribution is -2.18. The van der Waals surface area contributed by atoms with Gasteiger partial charge in [0.25, 0.3) is 0 Å². The van der Waals surface area contributed by atoms with E-state index in [4.69, 9.17) is 30.5 Å². The van der Waals surface area contributed by atoms with Crippen molar-refractivity contribution in [3.63, 3.8) is 0 Å². The number of aryl methyl sites for hydroxylation is 2. The molecule has 0 atom stereocenters. The molecule has 0 radical (unpaired) electrons. The lowest BCUT2D eigenvalue weighted by Gasteiger charge is -2.10. The van der Waals surface area contributed by atoms with Gasteiger partial charge in [-0.3, -0.25) is 0 Å². The van der Waals surface area contributed by atoms with Gasteiger partial charge in [-0.1, -0.05) is 11.6 Å². The van der Waals surface area contributed by atoms with Crippen LogP contribution in [0.3, 0.4) is 0 Å². The Balaban J connectivity index is 1.86. The van der Waals surface area contributed by atoms with Crippen LogP contribution >= 0.6 is 11.6 Å². The normalized spacial score (nSPS) is 10.4. The third-order valence-electron chi connectivity index (χ3n) is 3.61. The van der Waals surface area contributed by atoms with Crippen molar-refractivity contribution in [3.05, 3.63) is 58.1 Å². The van der Waals surface area contributed by atoms with E-state index in [1.54, 1.807) is 12.1 Å². The zero-order chi connectivity index (χ0) is 19.8. The maximum atomic E-state index is 11.9. The molecule has 7 heteroatoms. The van der Waals surface area contributed by atoms with E-state index in [1.807, 2.05) is 13.8 Å². The fraction of sp³-hybridized carbons (Fsp3) is 0.300. The molecule has 2 rings (SSSR count). The van der Waals surface area contributed by atoms with Gasteiger partial charge in [-0.2, -0.15) is 0 Å². The number of hydrogen-bond acceptors (Lipinski definition) is 6. The van der Waals surface area contributed by atoms with Crippen LogP contribution in [0.4, 0.5) is 0 Å². The Kier molecular flexibility index (Phi) is 7.64. The Bertz CT molecular complexity index is 778. The summed E-state index contributed by atoms with van der Waals surface area (Å²) in [5.41, 5.74) is 2.09. The first kappa shape index (κ1) is 20.7. The van der Waals surface area contributed by atoms with E-state index in [9.17, 15) is 9.59 Å². The van der Waals surface area contributed by atoms with Crippen LogP contribution < -0.4 is 9.47 Å². The van der Waals surface area contributed by atoms with Crippen LogP contribution in [0, 0.1) is 13.8 Å². The predicted octanol–water partition coefficient (Wildman–Crippen LogP) is 3.74. The maximum Gasteiger partial charge on any atom is 0.349 e. The summed E-state index contributed by atoms with van der Waals surface area (Å²) in [6.45, 7) is 3.98. The van der Waals surface area contributed by atoms with Gasteiger partial charge in [0.2, 0.25) is 0 Å². The van der Waals surface area contributed by atoms with Gasteiger partial charge in [-0.25, -0.2) is 9.59 Å². The van der Waals surface area contributed by atoms with Crippen molar-refractivity contribution < 1.29 is 28.5 Å². The van der Waals surface area contributed by atoms with Crippen molar-refractivity contribution in [2.45, 2.75) is 13.8 Å². The molecule has 0 aliphatic heterocycles. The standard InChI is InChI=1S/C20H21ClO6/c1-13-10-17(11-14(2)19(13)21)26-12-18(22)27-16-6-4-15(5-7-16)20(23)25-9-8-24-3/h4-7,10-11H,8-9,12H2,1-3H3. The summed E-state index contributed by atoms with van der Waals surface area (Å²) >= 11 is 6.10. The summed E-state index contributed by atoms with van der Waals surface area (Å²) in [6.07, 6.45) is 0. The van der Waals surface area contributed by atoms with E-state index in [2.05, 4.69) is 0 Å². The highest BCUT2D eigenvalue weighted by Gasteiger charge is 2.11. The van der Waals surface area contributed by atoms with E-state index in [0.717, 1.165) is 11.1 Å². The Morgan fingerprint density at radius 1 is 0.963 bits per heavy atom. The van der Waals surface area contributed by atoms with E-state index < -0.39 is 11.9 Å². The molecular formula is C20H21ClO6. The van der Waals surface area contributed by atoms with Crippen LogP contribution in [-0.4, -0.2) is 38.9 Å². The van der Waals surface area contributed by atoms with Crippen molar-refractivity contribution in [3.8, 4) is 11.5 Å². The van der Waals surface area contributed by atoms with E-state index in [1.165, 1.54) is 31.4 Å². The summed E-state index contributed by atoms with van der Waals surface area (Å²) in [6, 6.07) is 9.58. The summed E-state index contributed by atoms with van der Waals surface area (Å²) in [5.74, 6) is -0.182. The monoisotopic (exact) mass is 392 g/mol. The number of esters is 2. The number of rotatable bonds is 8. The van der Waals surface area contributed by atoms with Gasteiger partial charge in [0.15, 0.2) is 6.61 Å². The van der Waals surface area contributed by atoms with Gasteiger partial charge in [0.1, 0.15) is 18.1 Å². The lowest BCUT2D eigenvalue weighted by molar-refractivity contribution is -0.136. The SMILES string of the molecule is COCCOC(=O)c1ccc(OC(=O)COc2cc(C)c(Cl)c(C)c2)cc1. The highest BCUT2D eigenvalue weighted by atomic mass is 35.5. The molecular weight excluding hydrogens is 372 g/mol. The smallest absolute Gasteiger partial charge is 0.349 e. The molecule has 0 saturated carbocycles. The highest BCUT2D eigenvalue weighted by molar-refractivity contribution is 6.32. The van der Waals surface area contributed by atoms with Crippen LogP contribution in [0.25, 0.3) is 0 Å². The molecule has 144 valence electrons. The Labute approximate surface area is 162 Å². The maximum absolute atomic E-state index is 11.9. The molecule has 27 heavy (non-hydrogen) atoms. The molecule has 0 fully saturated rings. The van der Waals surface area contributed by atoms with Crippen LogP contribution in [0.5, 0.6) is 11.5 Å². The summed E-state index contributed by atoms with van der Waals surface area (Å²) in [5, 5.41) is 0.672. The number of ether oxygens (including phenoxy) is 4. The molecule has 0 saturated heterocycles. The number of halogens is 1. The highest BCUT2D eigenvalue weighted by Crippen LogP contribution is 2.25. The third kappa shape index (κ3) is 6.27. The van der Waals surface area contributed by atoms with Crippen LogP contribution in [0.1, 0.15) is 21.5 Å². The molecule has 0 unspecified atom stereocenters. The number of carbonyl (C=O) groups is 2. The van der Waals surface area contributed by atoms with Crippen molar-refractivity contribution in [1.29, 1.82) is 0 Å². The fourth-order valence-electron chi connectivity index (χ4n) is 2.25. The second-order valence-corrected chi connectivity index (χ2v) is 6.16. The predicted molar refractivity (Wildman–Crippen MR) is 101 cm³/mol. The minimum atomic E-state index is -0.560. The number of carbonyl (C=O) groups excluding carboxylic acids is 2. The number of benzene rings is 2. The second-order valence-electron chi connectivity index (χ2n) is 5.79. The van der Waals surface area contributed by atoms with Crippen molar-refractivity contribution in [1.82, 2.24) is 0 Å². The first-order chi connectivity index (χ1) is 12.9. The fourth-order valence-corrected chi connectivity index (χ4v) is 2.36. The van der Waals surface area contributed by atoms with Gasteiger partial charge >= 0.3 is 11.9 Å². The average molecular weight is 393 g/mol. The quantitative estimate of drug-likeness (QED) is 0.387. The van der Waals surface area contributed by atoms with E-state index in [-0.39, 0.29) is 13.2 Å². The van der Waals surface area contributed by atoms with Crippen molar-refractivity contribution >= 4 is 23.5 Å². The molecule has 0 bridgehead atoms. The molecule has 0 N–H and O–H groups in total. The first-order valence-corrected chi connectivity index (χ1v) is 8.65. The Morgan fingerprint density at radius 2 is 1.59 bits per heavy atom. The van der Waals surface area contributed by atoms with Crippen LogP contribution in [0.15, 0.2) is 36.4 Å². The van der Waals surface area contributed by atoms with E-state index >= 15 is 0 Å². The van der Waals surface area contributed by atoms with E-state index in [0.29, 0.717) is 28.7 Å². The first-order valence-electron chi connectivity index (χ1n) is 8.27. The molecule has 0 spiro atoms. The van der Waals surface area contributed by atoms with Gasteiger partial charge in [-0.05, 0) is 61.4 Å². The summed E-state index contributed by atoms with van der Waals surface area (Å²) in [7, 11) is 1.52. The van der Waals surface area contributed by atoms with Gasteiger partial charge < -0.3 is 18.9 Å². The van der Waals surface area contributed by atoms with Crippen molar-refractivity contribution in [2.24, 2.45) is 0 Å². The van der Waals surface area contributed by atoms with Gasteiger partial charge in [0, 0.05) is 12.1 Å². The molecule has 2 aromatic rings. The largest absolute Gasteiger partial charge is 0.482 e. The van der Waals surface area contributed by atoms with Crippen LogP contribution in [-0.2, 0) is 14.3 Å². The zero-order valence-corrected chi connectivity index (χ0v) is 16.2. The summed E-state index contributed by atoms with van der Waals surface area (Å²) < 4.78 is 20.5. The summed E-state index contributed by atoms with van der Waals surface area (Å²) in [4.78, 5) is 23.7. The van der Waals surface area contributed by atoms with Gasteiger partial charge in [-0.15, -0.1) is 0 Å². The molecule has 0 aromatic heterocycles. The minimum Gasteiger partial charge on any atom is -0.482 e. The Morgan fingerprint density at radius 3 is 2.19 bits per heavy atom. The minimum absolute atomic E-state index is 0.174. The Hall–Kier alpha value is -2.57. The topological polar surface area (TPSA) is 71.1 Å². The molecule has 0 heterocycles. The average Bonchev–Trinajstić information content (AvgIpc) is 2.65. The van der Waals surface area contributed by atoms with Crippen LogP contribution in [0.2, 0.25) is 5.02 Å². The molecule has 2 aromatic carbocycles. The molecule has 0 amide bonds. The third-order valence-corrected chi connectivity index (χ3v) is 4.21. The molecule has 0 aliphatic rings. The van der Waals surface area contributed by atoms with Crippen molar-refractivity contribution in [2.75, 3.05) is 26.9 Å². The number of methoxy groups -OCH3 is 1. The molecule has 6 nitrogen and oxygen atoms in total. The molecule has 0 aliphatic carbocycles. The number of hydrogen-bond donors (Lipinski definition) is 0. The van der Waals surface area contributed by atoms with Gasteiger partial charge in [0.05, 0.1) is 12.2 Å². The zero-order valence-electron chi connectivity index (χ0n) is 15.4. The lowest BCUT2D eigenvalue weighted by atomic mass is 10.1.